The molecule has 0 aliphatic carbocycles. The van der Waals surface area contributed by atoms with E-state index in [1.807, 2.05) is 24.3 Å². The number of halogens is 1. The predicted octanol–water partition coefficient (Wildman–Crippen LogP) is 4.71. The van der Waals surface area contributed by atoms with E-state index >= 15 is 0 Å². The molecule has 3 N–H and O–H groups in total. The van der Waals surface area contributed by atoms with Crippen LogP contribution in [0.5, 0.6) is 11.5 Å². The first kappa shape index (κ1) is 30.3. The van der Waals surface area contributed by atoms with E-state index in [4.69, 9.17) is 25.8 Å². The smallest absolute Gasteiger partial charge is 0.247 e. The van der Waals surface area contributed by atoms with Crippen molar-refractivity contribution in [2.75, 3.05) is 75.8 Å². The number of benzene rings is 2. The second-order valence-electron chi connectivity index (χ2n) is 9.55. The third-order valence-electron chi connectivity index (χ3n) is 6.24. The summed E-state index contributed by atoms with van der Waals surface area (Å²) in [5, 5.41) is 10.1. The minimum Gasteiger partial charge on any atom is -0.494 e. The van der Waals surface area contributed by atoms with Gasteiger partial charge in [-0.2, -0.15) is 4.98 Å². The number of ether oxygens (including phenoxy) is 3. The summed E-state index contributed by atoms with van der Waals surface area (Å²) in [6.07, 6.45) is 2.63. The molecule has 13 heteroatoms. The molecule has 0 unspecified atom stereocenters. The first-order chi connectivity index (χ1) is 19.7. The molecule has 0 spiro atoms. The second-order valence-corrected chi connectivity index (χ2v) is 13.1. The highest BCUT2D eigenvalue weighted by Crippen LogP contribution is 2.40. The van der Waals surface area contributed by atoms with Crippen LogP contribution in [0.3, 0.4) is 0 Å². The largest absolute Gasteiger partial charge is 0.494 e. The van der Waals surface area contributed by atoms with Gasteiger partial charge in [0.2, 0.25) is 11.9 Å². The molecule has 0 atom stereocenters. The number of aromatic nitrogens is 2. The Kier molecular flexibility index (Phi) is 10.2. The lowest BCUT2D eigenvalue weighted by molar-refractivity contribution is -0.111. The maximum Gasteiger partial charge on any atom is 0.247 e. The van der Waals surface area contributed by atoms with Crippen LogP contribution in [0.25, 0.3) is 0 Å². The van der Waals surface area contributed by atoms with E-state index in [9.17, 15) is 9.36 Å². The molecule has 0 radical (unpaired) electrons. The topological polar surface area (TPSA) is 127 Å². The van der Waals surface area contributed by atoms with Gasteiger partial charge in [0.15, 0.2) is 5.82 Å². The molecule has 3 aromatic rings. The first-order valence-corrected chi connectivity index (χ1v) is 16.0. The summed E-state index contributed by atoms with van der Waals surface area (Å²) in [6, 6.07) is 10.7. The van der Waals surface area contributed by atoms with Crippen LogP contribution < -0.4 is 30.7 Å². The lowest BCUT2D eigenvalue weighted by Crippen LogP contribution is -2.38. The predicted molar refractivity (Wildman–Crippen MR) is 164 cm³/mol. The van der Waals surface area contributed by atoms with Gasteiger partial charge in [0.1, 0.15) is 30.3 Å². The van der Waals surface area contributed by atoms with Crippen LogP contribution in [0.1, 0.15) is 0 Å². The molecule has 1 aromatic heterocycles. The van der Waals surface area contributed by atoms with E-state index in [0.717, 1.165) is 13.1 Å². The van der Waals surface area contributed by atoms with E-state index in [2.05, 4.69) is 37.4 Å². The Hall–Kier alpha value is -3.63. The van der Waals surface area contributed by atoms with Crippen molar-refractivity contribution in [2.45, 2.75) is 0 Å². The summed E-state index contributed by atoms with van der Waals surface area (Å²) in [5.41, 5.74) is 1.54. The number of nitrogens with one attached hydrogen (secondary N) is 3. The number of anilines is 5. The van der Waals surface area contributed by atoms with Crippen LogP contribution in [-0.4, -0.2) is 80.7 Å². The van der Waals surface area contributed by atoms with Gasteiger partial charge in [-0.25, -0.2) is 4.98 Å². The molecular formula is C28H34ClN6O5P. The fourth-order valence-corrected chi connectivity index (χ4v) is 5.44. The van der Waals surface area contributed by atoms with Crippen LogP contribution in [0.15, 0.2) is 55.3 Å². The quantitative estimate of drug-likeness (QED) is 0.199. The van der Waals surface area contributed by atoms with Crippen molar-refractivity contribution >= 4 is 58.8 Å². The normalized spacial score (nSPS) is 13.8. The molecule has 218 valence electrons. The number of methoxy groups -OCH3 is 1. The summed E-state index contributed by atoms with van der Waals surface area (Å²) in [7, 11) is -1.04. The third-order valence-corrected chi connectivity index (χ3v) is 8.07. The molecule has 11 nitrogen and oxygen atoms in total. The maximum absolute atomic E-state index is 12.8. The van der Waals surface area contributed by atoms with Crippen molar-refractivity contribution in [3.63, 3.8) is 0 Å². The highest BCUT2D eigenvalue weighted by atomic mass is 35.5. The Morgan fingerprint density at radius 3 is 2.61 bits per heavy atom. The van der Waals surface area contributed by atoms with Gasteiger partial charge in [0.25, 0.3) is 0 Å². The Bertz CT molecular complexity index is 1440. The monoisotopic (exact) mass is 600 g/mol. The standard InChI is InChI=1S/C28H34ClN6O5P/c1-5-26(36)31-22-16-21(23(38-2)17-24(22)40-15-12-35-10-13-39-14-11-35)33-28-30-18-19(29)27(34-28)32-20-8-6-7-9-25(20)41(3,4)37/h5-9,16-18H,1,10-15H2,2-4H3,(H,31,36)(H2,30,32,33,34). The number of nitrogens with zero attached hydrogens (tertiary/aromatic N) is 3. The molecule has 1 fully saturated rings. The Morgan fingerprint density at radius 1 is 1.15 bits per heavy atom. The molecule has 41 heavy (non-hydrogen) atoms. The third kappa shape index (κ3) is 8.20. The number of hydrogen-bond donors (Lipinski definition) is 3. The number of amides is 1. The second kappa shape index (κ2) is 13.8. The number of rotatable bonds is 12. The molecule has 1 amide bonds. The van der Waals surface area contributed by atoms with Gasteiger partial charge in [-0.1, -0.05) is 30.3 Å². The van der Waals surface area contributed by atoms with Gasteiger partial charge in [0, 0.05) is 31.0 Å². The number of carbonyl (C=O) groups excluding carboxylic acids is 1. The van der Waals surface area contributed by atoms with Crippen molar-refractivity contribution in [3.05, 3.63) is 60.3 Å². The van der Waals surface area contributed by atoms with Crippen LogP contribution >= 0.6 is 18.7 Å². The van der Waals surface area contributed by atoms with Crippen LogP contribution in [0.2, 0.25) is 5.02 Å². The van der Waals surface area contributed by atoms with Crippen molar-refractivity contribution in [2.24, 2.45) is 0 Å². The van der Waals surface area contributed by atoms with Gasteiger partial charge < -0.3 is 34.7 Å². The minimum atomic E-state index is -2.57. The molecule has 2 aromatic carbocycles. The molecule has 0 saturated carbocycles. The van der Waals surface area contributed by atoms with E-state index in [0.29, 0.717) is 66.0 Å². The van der Waals surface area contributed by atoms with Gasteiger partial charge >= 0.3 is 0 Å². The van der Waals surface area contributed by atoms with Crippen molar-refractivity contribution in [1.82, 2.24) is 14.9 Å². The zero-order valence-corrected chi connectivity index (χ0v) is 24.9. The van der Waals surface area contributed by atoms with Gasteiger partial charge in [-0.3, -0.25) is 9.69 Å². The van der Waals surface area contributed by atoms with E-state index in [1.165, 1.54) is 19.4 Å². The van der Waals surface area contributed by atoms with Crippen molar-refractivity contribution in [3.8, 4) is 11.5 Å². The summed E-state index contributed by atoms with van der Waals surface area (Å²) >= 11 is 6.41. The molecule has 2 heterocycles. The highest BCUT2D eigenvalue weighted by molar-refractivity contribution is 7.70. The summed E-state index contributed by atoms with van der Waals surface area (Å²) in [4.78, 5) is 23.3. The zero-order chi connectivity index (χ0) is 29.4. The first-order valence-electron chi connectivity index (χ1n) is 13.0. The molecule has 0 bridgehead atoms. The van der Waals surface area contributed by atoms with Crippen LogP contribution in [-0.2, 0) is 14.1 Å². The highest BCUT2D eigenvalue weighted by Gasteiger charge is 2.19. The fraction of sp³-hybridized carbons (Fsp3) is 0.321. The minimum absolute atomic E-state index is 0.214. The number of hydrogen-bond acceptors (Lipinski definition) is 10. The van der Waals surface area contributed by atoms with Crippen molar-refractivity contribution < 1.29 is 23.6 Å². The number of morpholine rings is 1. The SMILES string of the molecule is C=CC(=O)Nc1cc(Nc2ncc(Cl)c(Nc3ccccc3P(C)(C)=O)n2)c(OC)cc1OCCN1CCOCC1. The molecular weight excluding hydrogens is 567 g/mol. The Morgan fingerprint density at radius 2 is 1.90 bits per heavy atom. The molecule has 1 aliphatic heterocycles. The zero-order valence-electron chi connectivity index (χ0n) is 23.3. The average molecular weight is 601 g/mol. The fourth-order valence-electron chi connectivity index (χ4n) is 4.15. The Labute approximate surface area is 244 Å². The molecule has 1 aliphatic rings. The lowest BCUT2D eigenvalue weighted by Gasteiger charge is -2.26. The maximum atomic E-state index is 12.8. The number of para-hydroxylation sites is 1. The molecule has 4 rings (SSSR count). The van der Waals surface area contributed by atoms with Crippen LogP contribution in [0.4, 0.5) is 28.8 Å². The Balaban J connectivity index is 1.59. The van der Waals surface area contributed by atoms with Gasteiger partial charge in [0.05, 0.1) is 43.6 Å². The van der Waals surface area contributed by atoms with E-state index in [1.54, 1.807) is 25.5 Å². The van der Waals surface area contributed by atoms with Crippen LogP contribution in [0, 0.1) is 0 Å². The summed E-state index contributed by atoms with van der Waals surface area (Å²) in [6.45, 7) is 11.1. The van der Waals surface area contributed by atoms with Crippen molar-refractivity contribution in [1.29, 1.82) is 0 Å². The molecule has 1 saturated heterocycles. The van der Waals surface area contributed by atoms with Gasteiger partial charge in [-0.05, 0) is 37.6 Å². The summed E-state index contributed by atoms with van der Waals surface area (Å²) in [5.74, 6) is 1.03. The lowest BCUT2D eigenvalue weighted by atomic mass is 10.2. The number of carbonyl (C=O) groups is 1. The van der Waals surface area contributed by atoms with E-state index < -0.39 is 13.0 Å². The average Bonchev–Trinajstić information content (AvgIpc) is 2.96. The van der Waals surface area contributed by atoms with Gasteiger partial charge in [-0.15, -0.1) is 0 Å². The summed E-state index contributed by atoms with van der Waals surface area (Å²) < 4.78 is 29.9. The van der Waals surface area contributed by atoms with E-state index in [-0.39, 0.29) is 11.0 Å².